The van der Waals surface area contributed by atoms with Gasteiger partial charge in [-0.15, -0.1) is 0 Å². The summed E-state index contributed by atoms with van der Waals surface area (Å²) in [6.45, 7) is 0.885. The second kappa shape index (κ2) is 5.68. The van der Waals surface area contributed by atoms with Crippen molar-refractivity contribution in [2.24, 2.45) is 0 Å². The second-order valence-electron chi connectivity index (χ2n) is 5.51. The van der Waals surface area contributed by atoms with Crippen LogP contribution >= 0.6 is 0 Å². The number of carbonyl (C=O) groups is 1. The molecule has 0 aliphatic carbocycles. The lowest BCUT2D eigenvalue weighted by molar-refractivity contribution is -0.119. The van der Waals surface area contributed by atoms with E-state index in [2.05, 4.69) is 20.3 Å². The van der Waals surface area contributed by atoms with Gasteiger partial charge in [-0.1, -0.05) is 30.3 Å². The maximum atomic E-state index is 12.6. The van der Waals surface area contributed by atoms with E-state index in [1.165, 1.54) is 0 Å². The van der Waals surface area contributed by atoms with Gasteiger partial charge in [0.2, 0.25) is 5.91 Å². The van der Waals surface area contributed by atoms with Crippen LogP contribution in [0.2, 0.25) is 0 Å². The van der Waals surface area contributed by atoms with Crippen molar-refractivity contribution in [2.45, 2.75) is 19.4 Å². The fourth-order valence-electron chi connectivity index (χ4n) is 2.83. The molecule has 3 heterocycles. The van der Waals surface area contributed by atoms with E-state index < -0.39 is 0 Å². The monoisotopic (exact) mass is 308 g/mol. The Morgan fingerprint density at radius 1 is 1.26 bits per heavy atom. The van der Waals surface area contributed by atoms with E-state index >= 15 is 0 Å². The van der Waals surface area contributed by atoms with E-state index in [0.717, 1.165) is 29.8 Å². The molecule has 1 aliphatic heterocycles. The molecule has 0 radical (unpaired) electrons. The van der Waals surface area contributed by atoms with Crippen LogP contribution in [0.25, 0.3) is 11.4 Å². The molecule has 7 nitrogen and oxygen atoms in total. The summed E-state index contributed by atoms with van der Waals surface area (Å²) in [5.74, 6) is 0.623. The first-order chi connectivity index (χ1) is 11.3. The summed E-state index contributed by atoms with van der Waals surface area (Å²) in [5, 5.41) is 11.4. The highest BCUT2D eigenvalue weighted by Gasteiger charge is 2.24. The van der Waals surface area contributed by atoms with Crippen LogP contribution in [0.1, 0.15) is 12.1 Å². The molecule has 7 heteroatoms. The van der Waals surface area contributed by atoms with Crippen molar-refractivity contribution in [3.63, 3.8) is 0 Å². The third-order valence-corrected chi connectivity index (χ3v) is 3.96. The van der Waals surface area contributed by atoms with Crippen LogP contribution in [0.5, 0.6) is 0 Å². The highest BCUT2D eigenvalue weighted by Crippen LogP contribution is 2.24. The number of anilines is 1. The van der Waals surface area contributed by atoms with Gasteiger partial charge in [-0.05, 0) is 12.8 Å². The maximum Gasteiger partial charge on any atom is 0.248 e. The highest BCUT2D eigenvalue weighted by molar-refractivity contribution is 5.94. The van der Waals surface area contributed by atoms with Crippen molar-refractivity contribution in [1.82, 2.24) is 25.0 Å². The molecular weight excluding hydrogens is 292 g/mol. The largest absolute Gasteiger partial charge is 0.308 e. The van der Waals surface area contributed by atoms with Crippen LogP contribution < -0.4 is 4.90 Å². The number of nitrogens with one attached hydrogen (secondary N) is 1. The molecule has 0 spiro atoms. The van der Waals surface area contributed by atoms with Gasteiger partial charge in [0, 0.05) is 12.1 Å². The van der Waals surface area contributed by atoms with Gasteiger partial charge in [0.25, 0.3) is 0 Å². The third-order valence-electron chi connectivity index (χ3n) is 3.96. The molecule has 4 rings (SSSR count). The molecule has 116 valence electrons. The molecule has 0 fully saturated rings. The zero-order valence-electron chi connectivity index (χ0n) is 12.5. The Morgan fingerprint density at radius 2 is 2.13 bits per heavy atom. The van der Waals surface area contributed by atoms with E-state index in [1.807, 2.05) is 30.3 Å². The number of carbonyl (C=O) groups excluding carboxylic acids is 1. The van der Waals surface area contributed by atoms with Gasteiger partial charge in [0.15, 0.2) is 5.82 Å². The molecule has 0 saturated heterocycles. The molecule has 0 unspecified atom stereocenters. The van der Waals surface area contributed by atoms with E-state index in [9.17, 15) is 4.79 Å². The lowest BCUT2D eigenvalue weighted by Gasteiger charge is -2.26. The minimum absolute atomic E-state index is 0.00291. The normalized spacial score (nSPS) is 13.8. The maximum absolute atomic E-state index is 12.6. The SMILES string of the molecule is O=C(Cn1cnc(-c2ccccc2)n1)N1CCCc2[nH]ncc21. The van der Waals surface area contributed by atoms with Crippen molar-refractivity contribution in [2.75, 3.05) is 11.4 Å². The zero-order chi connectivity index (χ0) is 15.6. The number of nitrogens with zero attached hydrogens (tertiary/aromatic N) is 5. The number of hydrogen-bond acceptors (Lipinski definition) is 4. The molecule has 3 aromatic rings. The molecule has 23 heavy (non-hydrogen) atoms. The Hall–Kier alpha value is -2.96. The van der Waals surface area contributed by atoms with Crippen LogP contribution in [0.15, 0.2) is 42.9 Å². The quantitative estimate of drug-likeness (QED) is 0.798. The minimum atomic E-state index is -0.00291. The van der Waals surface area contributed by atoms with Crippen LogP contribution in [0.3, 0.4) is 0 Å². The molecular formula is C16H16N6O. The number of amides is 1. The summed E-state index contributed by atoms with van der Waals surface area (Å²) >= 11 is 0. The molecule has 0 saturated carbocycles. The Morgan fingerprint density at radius 3 is 3.00 bits per heavy atom. The lowest BCUT2D eigenvalue weighted by Crippen LogP contribution is -2.37. The summed E-state index contributed by atoms with van der Waals surface area (Å²) in [5.41, 5.74) is 2.84. The number of fused-ring (bicyclic) bond motifs is 1. The number of rotatable bonds is 3. The summed E-state index contributed by atoms with van der Waals surface area (Å²) in [4.78, 5) is 18.6. The molecule has 2 aromatic heterocycles. The first-order valence-corrected chi connectivity index (χ1v) is 7.59. The highest BCUT2D eigenvalue weighted by atomic mass is 16.2. The van der Waals surface area contributed by atoms with Crippen LogP contribution in [0.4, 0.5) is 5.69 Å². The number of benzene rings is 1. The standard InChI is InChI=1S/C16H16N6O/c23-15(22-8-4-7-13-14(22)9-18-19-13)10-21-11-17-16(20-21)12-5-2-1-3-6-12/h1-3,5-6,9,11H,4,7-8,10H2,(H,18,19). The van der Waals surface area contributed by atoms with Crippen molar-refractivity contribution >= 4 is 11.6 Å². The van der Waals surface area contributed by atoms with Crippen molar-refractivity contribution in [3.8, 4) is 11.4 Å². The lowest BCUT2D eigenvalue weighted by atomic mass is 10.1. The van der Waals surface area contributed by atoms with Crippen LogP contribution in [-0.2, 0) is 17.8 Å². The minimum Gasteiger partial charge on any atom is -0.308 e. The smallest absolute Gasteiger partial charge is 0.248 e. The fourth-order valence-corrected chi connectivity index (χ4v) is 2.83. The van der Waals surface area contributed by atoms with E-state index in [1.54, 1.807) is 22.1 Å². The molecule has 1 aliphatic rings. The van der Waals surface area contributed by atoms with Crippen molar-refractivity contribution in [3.05, 3.63) is 48.5 Å². The van der Waals surface area contributed by atoms with E-state index in [0.29, 0.717) is 12.4 Å². The van der Waals surface area contributed by atoms with Crippen LogP contribution in [0, 0.1) is 0 Å². The predicted octanol–water partition coefficient (Wildman–Crippen LogP) is 1.65. The third kappa shape index (κ3) is 2.61. The Kier molecular flexibility index (Phi) is 3.38. The number of H-pyrrole nitrogens is 1. The van der Waals surface area contributed by atoms with E-state index in [-0.39, 0.29) is 12.5 Å². The average molecular weight is 308 g/mol. The van der Waals surface area contributed by atoms with Gasteiger partial charge in [-0.3, -0.25) is 9.89 Å². The van der Waals surface area contributed by atoms with Gasteiger partial charge in [0.1, 0.15) is 12.9 Å². The number of hydrogen-bond donors (Lipinski definition) is 1. The number of aryl methyl sites for hydroxylation is 1. The van der Waals surface area contributed by atoms with Crippen molar-refractivity contribution < 1.29 is 4.79 Å². The first-order valence-electron chi connectivity index (χ1n) is 7.59. The fraction of sp³-hybridized carbons (Fsp3) is 0.250. The summed E-state index contributed by atoms with van der Waals surface area (Å²) < 4.78 is 1.58. The number of aromatic amines is 1. The summed E-state index contributed by atoms with van der Waals surface area (Å²) in [6, 6.07) is 9.72. The molecule has 0 atom stereocenters. The zero-order valence-corrected chi connectivity index (χ0v) is 12.5. The summed E-state index contributed by atoms with van der Waals surface area (Å²) in [6.07, 6.45) is 5.18. The number of aromatic nitrogens is 5. The van der Waals surface area contributed by atoms with Gasteiger partial charge in [-0.2, -0.15) is 10.2 Å². The first kappa shape index (κ1) is 13.7. The van der Waals surface area contributed by atoms with Gasteiger partial charge >= 0.3 is 0 Å². The van der Waals surface area contributed by atoms with Crippen LogP contribution in [-0.4, -0.2) is 37.4 Å². The Labute approximate surface area is 133 Å². The van der Waals surface area contributed by atoms with E-state index in [4.69, 9.17) is 0 Å². The van der Waals surface area contributed by atoms with Crippen molar-refractivity contribution in [1.29, 1.82) is 0 Å². The van der Waals surface area contributed by atoms with Gasteiger partial charge in [0.05, 0.1) is 17.6 Å². The predicted molar refractivity (Wildman–Crippen MR) is 84.7 cm³/mol. The molecule has 1 amide bonds. The van der Waals surface area contributed by atoms with Gasteiger partial charge < -0.3 is 4.90 Å². The summed E-state index contributed by atoms with van der Waals surface area (Å²) in [7, 11) is 0. The second-order valence-corrected chi connectivity index (χ2v) is 5.51. The Balaban J connectivity index is 1.51. The van der Waals surface area contributed by atoms with Gasteiger partial charge in [-0.25, -0.2) is 9.67 Å². The molecule has 1 N–H and O–H groups in total. The Bertz CT molecular complexity index is 822. The topological polar surface area (TPSA) is 79.7 Å². The molecule has 0 bridgehead atoms. The average Bonchev–Trinajstić information content (AvgIpc) is 3.24. The molecule has 1 aromatic carbocycles.